The molecule has 0 aromatic rings. The van der Waals surface area contributed by atoms with E-state index in [1.807, 2.05) is 0 Å². The first kappa shape index (κ1) is 10.7. The molecule has 0 rings (SSSR count). The van der Waals surface area contributed by atoms with E-state index in [-0.39, 0.29) is 5.71 Å². The Balaban J connectivity index is 4.41. The summed E-state index contributed by atoms with van der Waals surface area (Å²) in [5, 5.41) is 3.48. The highest BCUT2D eigenvalue weighted by Crippen LogP contribution is 1.97. The molecule has 0 atom stereocenters. The van der Waals surface area contributed by atoms with Crippen molar-refractivity contribution >= 4 is 11.7 Å². The number of nitrogens with zero attached hydrogens (tertiary/aromatic N) is 1. The maximum Gasteiger partial charge on any atom is 0.360 e. The predicted octanol–water partition coefficient (Wildman–Crippen LogP) is 1.13. The first-order chi connectivity index (χ1) is 5.63. The molecule has 0 aliphatic heterocycles. The third-order valence-corrected chi connectivity index (χ3v) is 1.06. The highest BCUT2D eigenvalue weighted by atomic mass is 16.6. The molecule has 0 unspecified atom stereocenters. The standard InChI is InChI=1S/C8H13NO3/c1-5-12-8(10)7(6(2)3)9-11-4/h2,5H2,1,3-4H3/b9-7-. The summed E-state index contributed by atoms with van der Waals surface area (Å²) in [5.74, 6) is -0.508. The Labute approximate surface area is 71.8 Å². The highest BCUT2D eigenvalue weighted by molar-refractivity contribution is 6.42. The maximum atomic E-state index is 11.1. The maximum absolute atomic E-state index is 11.1. The molecule has 68 valence electrons. The summed E-state index contributed by atoms with van der Waals surface area (Å²) in [6.45, 7) is 7.26. The molecule has 12 heavy (non-hydrogen) atoms. The average molecular weight is 171 g/mol. The van der Waals surface area contributed by atoms with Crippen LogP contribution in [0, 0.1) is 0 Å². The van der Waals surface area contributed by atoms with Crippen LogP contribution in [0.4, 0.5) is 0 Å². The molecule has 0 aliphatic rings. The summed E-state index contributed by atoms with van der Waals surface area (Å²) >= 11 is 0. The monoisotopic (exact) mass is 171 g/mol. The Morgan fingerprint density at radius 2 is 2.17 bits per heavy atom. The van der Waals surface area contributed by atoms with Crippen molar-refractivity contribution < 1.29 is 14.4 Å². The fraction of sp³-hybridized carbons (Fsp3) is 0.500. The van der Waals surface area contributed by atoms with E-state index in [0.29, 0.717) is 12.2 Å². The fourth-order valence-corrected chi connectivity index (χ4v) is 0.580. The zero-order valence-corrected chi connectivity index (χ0v) is 7.59. The van der Waals surface area contributed by atoms with Crippen LogP contribution in [0.15, 0.2) is 17.3 Å². The molecule has 4 nitrogen and oxygen atoms in total. The highest BCUT2D eigenvalue weighted by Gasteiger charge is 2.13. The van der Waals surface area contributed by atoms with E-state index in [1.165, 1.54) is 7.11 Å². The van der Waals surface area contributed by atoms with E-state index >= 15 is 0 Å². The van der Waals surface area contributed by atoms with Crippen molar-refractivity contribution in [3.8, 4) is 0 Å². The van der Waals surface area contributed by atoms with Gasteiger partial charge in [0.25, 0.3) is 0 Å². The van der Waals surface area contributed by atoms with E-state index in [1.54, 1.807) is 13.8 Å². The molecular weight excluding hydrogens is 158 g/mol. The molecular formula is C8H13NO3. The Bertz CT molecular complexity index is 208. The van der Waals surface area contributed by atoms with Gasteiger partial charge in [-0.15, -0.1) is 0 Å². The van der Waals surface area contributed by atoms with Crippen LogP contribution in [0.25, 0.3) is 0 Å². The van der Waals surface area contributed by atoms with Crippen molar-refractivity contribution in [2.75, 3.05) is 13.7 Å². The normalized spacial score (nSPS) is 10.8. The van der Waals surface area contributed by atoms with Crippen LogP contribution in [0.2, 0.25) is 0 Å². The van der Waals surface area contributed by atoms with Gasteiger partial charge >= 0.3 is 5.97 Å². The van der Waals surface area contributed by atoms with E-state index in [2.05, 4.69) is 16.6 Å². The smallest absolute Gasteiger partial charge is 0.360 e. The lowest BCUT2D eigenvalue weighted by Crippen LogP contribution is -2.18. The van der Waals surface area contributed by atoms with Gasteiger partial charge in [0.15, 0.2) is 5.71 Å². The van der Waals surface area contributed by atoms with Crippen LogP contribution in [0.5, 0.6) is 0 Å². The summed E-state index contributed by atoms with van der Waals surface area (Å²) in [4.78, 5) is 15.5. The lowest BCUT2D eigenvalue weighted by Gasteiger charge is -2.03. The van der Waals surface area contributed by atoms with Gasteiger partial charge in [0.05, 0.1) is 6.61 Å². The topological polar surface area (TPSA) is 47.9 Å². The second-order valence-electron chi connectivity index (χ2n) is 2.12. The minimum atomic E-state index is -0.508. The number of rotatable bonds is 4. The van der Waals surface area contributed by atoms with Gasteiger partial charge < -0.3 is 9.57 Å². The van der Waals surface area contributed by atoms with E-state index < -0.39 is 5.97 Å². The summed E-state index contributed by atoms with van der Waals surface area (Å²) < 4.78 is 4.71. The van der Waals surface area contributed by atoms with E-state index in [9.17, 15) is 4.79 Å². The van der Waals surface area contributed by atoms with Crippen molar-refractivity contribution in [1.82, 2.24) is 0 Å². The van der Waals surface area contributed by atoms with Crippen molar-refractivity contribution in [3.63, 3.8) is 0 Å². The third kappa shape index (κ3) is 3.18. The summed E-state index contributed by atoms with van der Waals surface area (Å²) in [6, 6.07) is 0. The number of hydrogen-bond donors (Lipinski definition) is 0. The zero-order valence-electron chi connectivity index (χ0n) is 7.59. The molecule has 0 aromatic carbocycles. The number of ether oxygens (including phenoxy) is 1. The number of carbonyl (C=O) groups is 1. The fourth-order valence-electron chi connectivity index (χ4n) is 0.580. The second kappa shape index (κ2) is 5.35. The van der Waals surface area contributed by atoms with Crippen LogP contribution in [0.3, 0.4) is 0 Å². The summed E-state index contributed by atoms with van der Waals surface area (Å²) in [6.07, 6.45) is 0. The SMILES string of the molecule is C=C(C)/C(=N/OC)C(=O)OCC. The van der Waals surface area contributed by atoms with Gasteiger partial charge in [-0.25, -0.2) is 4.79 Å². The first-order valence-corrected chi connectivity index (χ1v) is 3.57. The molecule has 0 saturated heterocycles. The van der Waals surface area contributed by atoms with Crippen molar-refractivity contribution in [1.29, 1.82) is 0 Å². The molecule has 0 radical (unpaired) electrons. The Hall–Kier alpha value is -1.32. The third-order valence-electron chi connectivity index (χ3n) is 1.06. The van der Waals surface area contributed by atoms with Crippen LogP contribution in [-0.4, -0.2) is 25.4 Å². The van der Waals surface area contributed by atoms with Gasteiger partial charge in [-0.1, -0.05) is 11.7 Å². The van der Waals surface area contributed by atoms with Gasteiger partial charge in [0, 0.05) is 0 Å². The Morgan fingerprint density at radius 1 is 1.58 bits per heavy atom. The number of esters is 1. The van der Waals surface area contributed by atoms with Crippen LogP contribution < -0.4 is 0 Å². The minimum Gasteiger partial charge on any atom is -0.461 e. The molecule has 0 bridgehead atoms. The number of oxime groups is 1. The van der Waals surface area contributed by atoms with Gasteiger partial charge in [0.2, 0.25) is 0 Å². The lowest BCUT2D eigenvalue weighted by molar-refractivity contribution is -0.135. The number of hydrogen-bond acceptors (Lipinski definition) is 4. The molecule has 0 N–H and O–H groups in total. The average Bonchev–Trinajstić information content (AvgIpc) is 1.99. The molecule has 0 amide bonds. The van der Waals surface area contributed by atoms with Gasteiger partial charge in [0.1, 0.15) is 7.11 Å². The lowest BCUT2D eigenvalue weighted by atomic mass is 10.2. The minimum absolute atomic E-state index is 0.124. The quantitative estimate of drug-likeness (QED) is 0.362. The zero-order chi connectivity index (χ0) is 9.56. The van der Waals surface area contributed by atoms with Crippen LogP contribution in [-0.2, 0) is 14.4 Å². The van der Waals surface area contributed by atoms with E-state index in [4.69, 9.17) is 4.74 Å². The van der Waals surface area contributed by atoms with Crippen molar-refractivity contribution in [2.45, 2.75) is 13.8 Å². The first-order valence-electron chi connectivity index (χ1n) is 3.57. The van der Waals surface area contributed by atoms with Crippen LogP contribution in [0.1, 0.15) is 13.8 Å². The van der Waals surface area contributed by atoms with E-state index in [0.717, 1.165) is 0 Å². The summed E-state index contributed by atoms with van der Waals surface area (Å²) in [5.41, 5.74) is 0.648. The number of carbonyl (C=O) groups excluding carboxylic acids is 1. The molecule has 0 spiro atoms. The Morgan fingerprint density at radius 3 is 2.50 bits per heavy atom. The predicted molar refractivity (Wildman–Crippen MR) is 45.9 cm³/mol. The van der Waals surface area contributed by atoms with Crippen molar-refractivity contribution in [2.24, 2.45) is 5.16 Å². The molecule has 0 heterocycles. The van der Waals surface area contributed by atoms with Gasteiger partial charge in [-0.3, -0.25) is 0 Å². The molecule has 0 aromatic heterocycles. The van der Waals surface area contributed by atoms with Gasteiger partial charge in [-0.2, -0.15) is 0 Å². The summed E-state index contributed by atoms with van der Waals surface area (Å²) in [7, 11) is 1.36. The van der Waals surface area contributed by atoms with Crippen molar-refractivity contribution in [3.05, 3.63) is 12.2 Å². The molecule has 0 aliphatic carbocycles. The van der Waals surface area contributed by atoms with Gasteiger partial charge in [-0.05, 0) is 19.4 Å². The molecule has 4 heteroatoms. The second-order valence-corrected chi connectivity index (χ2v) is 2.12. The molecule has 0 fully saturated rings. The Kier molecular flexibility index (Phi) is 4.76. The largest absolute Gasteiger partial charge is 0.461 e. The van der Waals surface area contributed by atoms with Crippen LogP contribution >= 0.6 is 0 Å². The molecule has 0 saturated carbocycles.